The summed E-state index contributed by atoms with van der Waals surface area (Å²) >= 11 is 1.87. The third kappa shape index (κ3) is 6.46. The van der Waals surface area contributed by atoms with Crippen molar-refractivity contribution in [2.24, 2.45) is 0 Å². The zero-order valence-electron chi connectivity index (χ0n) is 31.6. The number of hydrogen-bond donors (Lipinski definition) is 1. The highest BCUT2D eigenvalue weighted by atomic mass is 32.1. The van der Waals surface area contributed by atoms with Crippen molar-refractivity contribution in [3.05, 3.63) is 217 Å². The van der Waals surface area contributed by atoms with Crippen LogP contribution in [0.3, 0.4) is 0 Å². The van der Waals surface area contributed by atoms with Crippen molar-refractivity contribution < 1.29 is 0 Å². The number of rotatable bonds is 3. The number of para-hydroxylation sites is 1. The summed E-state index contributed by atoms with van der Waals surface area (Å²) in [6.45, 7) is 4.61. The monoisotopic (exact) mass is 738 g/mol. The van der Waals surface area contributed by atoms with Crippen LogP contribution in [-0.4, -0.2) is 4.57 Å². The minimum atomic E-state index is 0.160. The quantitative estimate of drug-likeness (QED) is 0.180. The van der Waals surface area contributed by atoms with E-state index >= 15 is 0 Å². The van der Waals surface area contributed by atoms with Gasteiger partial charge in [0, 0.05) is 32.3 Å². The Morgan fingerprint density at radius 1 is 0.446 bits per heavy atom. The van der Waals surface area contributed by atoms with Gasteiger partial charge in [-0.2, -0.15) is 0 Å². The highest BCUT2D eigenvalue weighted by Crippen LogP contribution is 2.48. The van der Waals surface area contributed by atoms with Crippen molar-refractivity contribution in [2.45, 2.75) is 19.3 Å². The van der Waals surface area contributed by atoms with Crippen LogP contribution in [0, 0.1) is 0 Å². The highest BCUT2D eigenvalue weighted by Gasteiger charge is 2.34. The minimum Gasteiger partial charge on any atom is -0.399 e. The summed E-state index contributed by atoms with van der Waals surface area (Å²) in [5.41, 5.74) is 21.2. The molecule has 0 radical (unpaired) electrons. The third-order valence-electron chi connectivity index (χ3n) is 10.9. The van der Waals surface area contributed by atoms with Gasteiger partial charge in [0.2, 0.25) is 0 Å². The van der Waals surface area contributed by atoms with Crippen molar-refractivity contribution in [2.75, 3.05) is 5.73 Å². The summed E-state index contributed by atoms with van der Waals surface area (Å²) < 4.78 is 5.06. The van der Waals surface area contributed by atoms with Crippen LogP contribution < -0.4 is 5.73 Å². The van der Waals surface area contributed by atoms with E-state index < -0.39 is 0 Å². The number of fused-ring (bicyclic) bond motifs is 8. The molecule has 56 heavy (non-hydrogen) atoms. The Balaban J connectivity index is 0.000000126. The van der Waals surface area contributed by atoms with E-state index in [1.165, 1.54) is 81.4 Å². The molecule has 0 atom stereocenters. The van der Waals surface area contributed by atoms with Gasteiger partial charge in [-0.15, -0.1) is 11.3 Å². The number of nitrogens with zero attached hydrogens (tertiary/aromatic N) is 1. The SMILES string of the molecule is CC1(C)c2ccccc2-c2ccccc21.Nc1ccc(-c2ccc3c(c2)c2sc4ccccc4c2n3-c2ccccc2)cc1.c1ccc(-c2ccccc2)cc1. The predicted octanol–water partition coefficient (Wildman–Crippen LogP) is 14.6. The second kappa shape index (κ2) is 14.9. The van der Waals surface area contributed by atoms with Crippen LogP contribution in [-0.2, 0) is 5.41 Å². The number of anilines is 1. The van der Waals surface area contributed by atoms with Crippen molar-refractivity contribution in [3.63, 3.8) is 0 Å². The van der Waals surface area contributed by atoms with Gasteiger partial charge in [-0.3, -0.25) is 0 Å². The molecule has 2 N–H and O–H groups in total. The molecule has 1 aliphatic rings. The Kier molecular flexibility index (Phi) is 9.30. The second-order valence-electron chi connectivity index (χ2n) is 14.7. The Morgan fingerprint density at radius 3 is 1.54 bits per heavy atom. The minimum absolute atomic E-state index is 0.160. The fourth-order valence-electron chi connectivity index (χ4n) is 8.10. The number of thiophene rings is 1. The molecule has 10 aromatic rings. The Labute approximate surface area is 332 Å². The lowest BCUT2D eigenvalue weighted by Crippen LogP contribution is -2.14. The Bertz CT molecular complexity index is 2840. The topological polar surface area (TPSA) is 30.9 Å². The van der Waals surface area contributed by atoms with Crippen LogP contribution in [0.15, 0.2) is 206 Å². The van der Waals surface area contributed by atoms with Gasteiger partial charge in [-0.1, -0.05) is 178 Å². The lowest BCUT2D eigenvalue weighted by atomic mass is 9.82. The van der Waals surface area contributed by atoms with Crippen LogP contribution >= 0.6 is 11.3 Å². The van der Waals surface area contributed by atoms with Crippen LogP contribution in [0.1, 0.15) is 25.0 Å². The lowest BCUT2D eigenvalue weighted by molar-refractivity contribution is 0.660. The highest BCUT2D eigenvalue weighted by molar-refractivity contribution is 7.26. The molecule has 3 heteroatoms. The van der Waals surface area contributed by atoms with E-state index in [-0.39, 0.29) is 5.41 Å². The molecule has 2 nitrogen and oxygen atoms in total. The average molecular weight is 739 g/mol. The van der Waals surface area contributed by atoms with E-state index in [0.717, 1.165) is 5.69 Å². The molecule has 0 amide bonds. The normalized spacial score (nSPS) is 12.3. The molecule has 0 saturated heterocycles. The largest absolute Gasteiger partial charge is 0.399 e. The van der Waals surface area contributed by atoms with Crippen molar-refractivity contribution in [1.82, 2.24) is 4.57 Å². The predicted molar refractivity (Wildman–Crippen MR) is 242 cm³/mol. The number of nitrogen functional groups attached to an aromatic ring is 1. The van der Waals surface area contributed by atoms with Gasteiger partial charge in [0.1, 0.15) is 0 Å². The summed E-state index contributed by atoms with van der Waals surface area (Å²) in [6, 6.07) is 72.4. The maximum absolute atomic E-state index is 5.88. The van der Waals surface area contributed by atoms with Crippen LogP contribution in [0.25, 0.3) is 70.3 Å². The molecule has 0 spiro atoms. The summed E-state index contributed by atoms with van der Waals surface area (Å²) in [5, 5.41) is 2.60. The van der Waals surface area contributed by atoms with Gasteiger partial charge < -0.3 is 10.3 Å². The fraction of sp³-hybridized carbons (Fsp3) is 0.0566. The maximum Gasteiger partial charge on any atom is 0.0727 e. The molecule has 11 rings (SSSR count). The van der Waals surface area contributed by atoms with Gasteiger partial charge in [-0.05, 0) is 87.0 Å². The van der Waals surface area contributed by atoms with Crippen molar-refractivity contribution in [1.29, 1.82) is 0 Å². The fourth-order valence-corrected chi connectivity index (χ4v) is 9.31. The number of nitrogens with two attached hydrogens (primary N) is 1. The maximum atomic E-state index is 5.88. The number of aromatic nitrogens is 1. The molecule has 2 heterocycles. The van der Waals surface area contributed by atoms with E-state index in [4.69, 9.17) is 5.73 Å². The second-order valence-corrected chi connectivity index (χ2v) is 15.8. The summed E-state index contributed by atoms with van der Waals surface area (Å²) in [4.78, 5) is 0. The first-order chi connectivity index (χ1) is 27.5. The standard InChI is InChI=1S/C26H18N2S.C15H14.C12H10/c27-19-13-10-17(11-14-19)18-12-15-23-22(16-18)26-25(21-8-4-5-9-24(21)29-26)28(23)20-6-2-1-3-7-20;1-15(2)13-9-5-3-7-11(13)12-8-4-6-10-14(12)15;1-3-7-11(8-4-1)12-9-5-2-6-10-12/h1-16H,27H2;3-10H,1-2H3;1-10H. The van der Waals surface area contributed by atoms with Gasteiger partial charge in [0.25, 0.3) is 0 Å². The summed E-state index contributed by atoms with van der Waals surface area (Å²) in [7, 11) is 0. The molecule has 0 unspecified atom stereocenters. The lowest BCUT2D eigenvalue weighted by Gasteiger charge is -2.20. The molecule has 270 valence electrons. The van der Waals surface area contributed by atoms with E-state index in [0.29, 0.717) is 0 Å². The van der Waals surface area contributed by atoms with Crippen LogP contribution in [0.2, 0.25) is 0 Å². The van der Waals surface area contributed by atoms with Gasteiger partial charge in [-0.25, -0.2) is 0 Å². The first-order valence-electron chi connectivity index (χ1n) is 19.1. The summed E-state index contributed by atoms with van der Waals surface area (Å²) in [6.07, 6.45) is 0. The molecular weight excluding hydrogens is 697 g/mol. The smallest absolute Gasteiger partial charge is 0.0727 e. The van der Waals surface area contributed by atoms with E-state index in [9.17, 15) is 0 Å². The molecular formula is C53H42N2S. The molecule has 2 aromatic heterocycles. The molecule has 0 fully saturated rings. The van der Waals surface area contributed by atoms with Gasteiger partial charge in [0.05, 0.1) is 15.7 Å². The Morgan fingerprint density at radius 2 is 0.929 bits per heavy atom. The van der Waals surface area contributed by atoms with E-state index in [2.05, 4.69) is 200 Å². The number of benzene rings is 8. The number of hydrogen-bond acceptors (Lipinski definition) is 2. The molecule has 1 aliphatic carbocycles. The van der Waals surface area contributed by atoms with Crippen molar-refractivity contribution in [3.8, 4) is 39.1 Å². The molecule has 0 bridgehead atoms. The first-order valence-corrected chi connectivity index (χ1v) is 20.0. The Hall–Kier alpha value is -6.68. The van der Waals surface area contributed by atoms with Crippen LogP contribution in [0.5, 0.6) is 0 Å². The zero-order chi connectivity index (χ0) is 38.1. The first kappa shape index (κ1) is 35.0. The summed E-state index contributed by atoms with van der Waals surface area (Å²) in [5.74, 6) is 0. The molecule has 0 saturated carbocycles. The average Bonchev–Trinajstić information content (AvgIpc) is 3.87. The van der Waals surface area contributed by atoms with E-state index in [1.54, 1.807) is 0 Å². The third-order valence-corrected chi connectivity index (χ3v) is 12.1. The van der Waals surface area contributed by atoms with Gasteiger partial charge in [0.15, 0.2) is 0 Å². The van der Waals surface area contributed by atoms with Crippen LogP contribution in [0.4, 0.5) is 5.69 Å². The van der Waals surface area contributed by atoms with Gasteiger partial charge >= 0.3 is 0 Å². The van der Waals surface area contributed by atoms with E-state index in [1.807, 2.05) is 35.6 Å². The van der Waals surface area contributed by atoms with Crippen molar-refractivity contribution >= 4 is 48.2 Å². The molecule has 0 aliphatic heterocycles. The molecule has 8 aromatic carbocycles. The zero-order valence-corrected chi connectivity index (χ0v) is 32.4.